The fraction of sp³-hybridized carbons (Fsp3) is 0.435. The zero-order valence-corrected chi connectivity index (χ0v) is 38.9. The van der Waals surface area contributed by atoms with E-state index in [-0.39, 0.29) is 55.0 Å². The molecule has 3 atom stereocenters. The number of carbonyl (C=O) groups excluding carboxylic acids is 1. The van der Waals surface area contributed by atoms with Gasteiger partial charge in [0.2, 0.25) is 6.41 Å². The maximum atomic E-state index is 14.2. The normalized spacial score (nSPS) is 16.1. The highest BCUT2D eigenvalue weighted by Crippen LogP contribution is 2.26. The van der Waals surface area contributed by atoms with Crippen LogP contribution >= 0.6 is 11.3 Å². The molecular weight excluding hydrogens is 867 g/mol. The van der Waals surface area contributed by atoms with E-state index >= 15 is 0 Å². The molecule has 2 aromatic carbocycles. The molecule has 1 amide bonds. The van der Waals surface area contributed by atoms with E-state index in [1.807, 2.05) is 23.6 Å². The second-order valence-electron chi connectivity index (χ2n) is 15.0. The van der Waals surface area contributed by atoms with Crippen molar-refractivity contribution < 1.29 is 42.8 Å². The number of anilines is 3. The number of carbonyl (C=O) groups is 1. The van der Waals surface area contributed by atoms with Gasteiger partial charge in [0.15, 0.2) is 28.4 Å². The van der Waals surface area contributed by atoms with Crippen LogP contribution in [0.3, 0.4) is 0 Å². The second kappa shape index (κ2) is 29.9. The standard InChI is InChI=1S/C14H22FN3O2.C14H20FN3O2.C8H7FN2S.C7H7F.C2H5N.CH4O/c1-10-8-17(2)3-4-18(10)14-13(15)6-11(7-16-14)5-12(20)9-19;1-11-9-17(10-20)4-5-18(11)14-13(15)7-12(8-16-14)3-2-6-19;1-10-8-11-6-3-2-5(9)4-7(6)12-8;1-6-2-4-7(8)5-3-6;1-2-3;1-2/h6-7,10,12,19-20H,3-5,8-9H2,1-2H3;7-8,10-11,19H,2-6,9H2,1H3;2-4H,1H3,(H,10,11);2-5H,1H3;2H,1,3H2;2H,1H3/t10-,12-;11-;;;;/m00..../s1. The number of fused-ring (bicyclic) bond motifs is 1. The van der Waals surface area contributed by atoms with Gasteiger partial charge in [0.05, 0.1) is 22.9 Å². The molecule has 7 rings (SSSR count). The molecule has 5 heterocycles. The molecule has 5 aromatic rings. The SMILES string of the molecule is C=CN.CNc1nc2ccc(F)cc2s1.CO.C[C@H]1CN(C)CCN1c1ncc(C[C@H](O)CO)cc1F.C[C@H]1CN(C=O)CCN1c1ncc(CCCO)cc1F.Cc1ccc(F)cc1. The molecule has 7 N–H and O–H groups in total. The molecule has 358 valence electrons. The van der Waals surface area contributed by atoms with Crippen LogP contribution in [-0.4, -0.2) is 143 Å². The first kappa shape index (κ1) is 55.7. The first-order chi connectivity index (χ1) is 31.2. The fourth-order valence-electron chi connectivity index (χ4n) is 6.62. The summed E-state index contributed by atoms with van der Waals surface area (Å²) in [5.41, 5.74) is 7.92. The van der Waals surface area contributed by atoms with Gasteiger partial charge in [-0.25, -0.2) is 32.5 Å². The maximum absolute atomic E-state index is 14.2. The zero-order valence-electron chi connectivity index (χ0n) is 38.0. The molecule has 0 spiro atoms. The van der Waals surface area contributed by atoms with Crippen LogP contribution in [0.5, 0.6) is 0 Å². The number of hydrogen-bond donors (Lipinski definition) is 6. The Morgan fingerprint density at radius 2 is 1.43 bits per heavy atom. The fourth-order valence-corrected chi connectivity index (χ4v) is 7.46. The molecule has 65 heavy (non-hydrogen) atoms. The van der Waals surface area contributed by atoms with E-state index in [2.05, 4.69) is 51.5 Å². The molecule has 14 nitrogen and oxygen atoms in total. The number of hydrogen-bond acceptors (Lipinski definition) is 14. The first-order valence-corrected chi connectivity index (χ1v) is 21.8. The molecule has 2 aliphatic heterocycles. The van der Waals surface area contributed by atoms with Crippen molar-refractivity contribution in [1.29, 1.82) is 0 Å². The monoisotopic (exact) mass is 931 g/mol. The molecule has 0 aliphatic carbocycles. The summed E-state index contributed by atoms with van der Waals surface area (Å²) in [7, 11) is 4.85. The highest BCUT2D eigenvalue weighted by Gasteiger charge is 2.27. The summed E-state index contributed by atoms with van der Waals surface area (Å²) < 4.78 is 54.0. The van der Waals surface area contributed by atoms with Crippen molar-refractivity contribution in [3.63, 3.8) is 0 Å². The van der Waals surface area contributed by atoms with Crippen molar-refractivity contribution >= 4 is 44.7 Å². The molecule has 3 aromatic heterocycles. The van der Waals surface area contributed by atoms with E-state index in [1.54, 1.807) is 42.5 Å². The van der Waals surface area contributed by atoms with Crippen molar-refractivity contribution in [1.82, 2.24) is 24.8 Å². The lowest BCUT2D eigenvalue weighted by Crippen LogP contribution is -2.52. The minimum absolute atomic E-state index is 0.0410. The number of benzene rings is 2. The Balaban J connectivity index is 0.000000301. The lowest BCUT2D eigenvalue weighted by Gasteiger charge is -2.39. The van der Waals surface area contributed by atoms with Crippen LogP contribution in [0.2, 0.25) is 0 Å². The number of halogens is 4. The van der Waals surface area contributed by atoms with Crippen LogP contribution < -0.4 is 20.9 Å². The quantitative estimate of drug-likeness (QED) is 0.0776. The Hall–Kier alpha value is -5.44. The van der Waals surface area contributed by atoms with Gasteiger partial charge in [0.25, 0.3) is 0 Å². The zero-order chi connectivity index (χ0) is 48.5. The molecule has 2 fully saturated rings. The summed E-state index contributed by atoms with van der Waals surface area (Å²) in [4.78, 5) is 31.2. The molecule has 2 saturated heterocycles. The van der Waals surface area contributed by atoms with Crippen LogP contribution in [0.1, 0.15) is 37.0 Å². The number of thiazole rings is 1. The highest BCUT2D eigenvalue weighted by atomic mass is 32.1. The Morgan fingerprint density at radius 1 is 0.877 bits per heavy atom. The Kier molecular flexibility index (Phi) is 25.6. The van der Waals surface area contributed by atoms with E-state index in [1.165, 1.54) is 53.9 Å². The molecule has 0 unspecified atom stereocenters. The van der Waals surface area contributed by atoms with Crippen LogP contribution in [0.15, 0.2) is 79.8 Å². The largest absolute Gasteiger partial charge is 0.405 e. The van der Waals surface area contributed by atoms with Crippen molar-refractivity contribution in [2.75, 3.05) is 88.8 Å². The van der Waals surface area contributed by atoms with E-state index in [0.29, 0.717) is 49.7 Å². The van der Waals surface area contributed by atoms with Crippen LogP contribution in [0.25, 0.3) is 10.2 Å². The van der Waals surface area contributed by atoms with Crippen molar-refractivity contribution in [2.45, 2.75) is 58.2 Å². The first-order valence-electron chi connectivity index (χ1n) is 21.0. The third-order valence-corrected chi connectivity index (χ3v) is 10.9. The van der Waals surface area contributed by atoms with E-state index in [9.17, 15) is 27.5 Å². The van der Waals surface area contributed by atoms with E-state index in [0.717, 1.165) is 59.6 Å². The molecule has 19 heteroatoms. The van der Waals surface area contributed by atoms with Crippen LogP contribution in [0, 0.1) is 30.2 Å². The van der Waals surface area contributed by atoms with Gasteiger partial charge >= 0.3 is 0 Å². The van der Waals surface area contributed by atoms with Crippen molar-refractivity contribution in [3.8, 4) is 0 Å². The summed E-state index contributed by atoms with van der Waals surface area (Å²) in [5.74, 6) is -0.385. The molecular formula is C46H65F4N9O5S. The molecule has 0 radical (unpaired) electrons. The number of aliphatic hydroxyl groups excluding tert-OH is 4. The van der Waals surface area contributed by atoms with Gasteiger partial charge in [-0.2, -0.15) is 0 Å². The highest BCUT2D eigenvalue weighted by molar-refractivity contribution is 7.22. The van der Waals surface area contributed by atoms with Crippen LogP contribution in [-0.2, 0) is 17.6 Å². The number of aromatic nitrogens is 3. The maximum Gasteiger partial charge on any atom is 0.209 e. The van der Waals surface area contributed by atoms with E-state index < -0.39 is 6.10 Å². The number of aryl methyl sites for hydroxylation is 2. The minimum Gasteiger partial charge on any atom is -0.405 e. The minimum atomic E-state index is -0.871. The predicted molar refractivity (Wildman–Crippen MR) is 252 cm³/mol. The predicted octanol–water partition coefficient (Wildman–Crippen LogP) is 5.38. The number of piperazine rings is 2. The summed E-state index contributed by atoms with van der Waals surface area (Å²) in [5, 5.41) is 37.7. The van der Waals surface area contributed by atoms with Gasteiger partial charge in [-0.1, -0.05) is 35.6 Å². The number of nitrogens with one attached hydrogen (secondary N) is 1. The second-order valence-corrected chi connectivity index (χ2v) is 16.1. The number of aliphatic hydroxyl groups is 4. The Labute approximate surface area is 383 Å². The average molecular weight is 932 g/mol. The smallest absolute Gasteiger partial charge is 0.209 e. The van der Waals surface area contributed by atoms with Crippen molar-refractivity contribution in [3.05, 3.63) is 120 Å². The molecule has 0 bridgehead atoms. The number of pyridine rings is 2. The summed E-state index contributed by atoms with van der Waals surface area (Å²) >= 11 is 1.45. The number of nitrogens with zero attached hydrogens (tertiary/aromatic N) is 7. The van der Waals surface area contributed by atoms with Gasteiger partial charge < -0.3 is 51.1 Å². The van der Waals surface area contributed by atoms with Gasteiger partial charge in [0, 0.05) is 90.9 Å². The Bertz CT molecular complexity index is 2120. The molecule has 0 saturated carbocycles. The number of rotatable bonds is 10. The Morgan fingerprint density at radius 3 is 1.94 bits per heavy atom. The number of amides is 1. The van der Waals surface area contributed by atoms with Crippen LogP contribution in [0.4, 0.5) is 34.3 Å². The lowest BCUT2D eigenvalue weighted by atomic mass is 10.1. The third-order valence-electron chi connectivity index (χ3n) is 9.82. The number of nitrogens with two attached hydrogens (primary N) is 1. The van der Waals surface area contributed by atoms with Gasteiger partial charge in [-0.05, 0) is 100 Å². The number of likely N-dealkylation sites (N-methyl/N-ethyl adjacent to an activating group) is 1. The topological polar surface area (TPSA) is 188 Å². The van der Waals surface area contributed by atoms with Gasteiger partial charge in [-0.3, -0.25) is 4.79 Å². The van der Waals surface area contributed by atoms with Crippen molar-refractivity contribution in [2.24, 2.45) is 5.73 Å². The average Bonchev–Trinajstić information content (AvgIpc) is 3.71. The summed E-state index contributed by atoms with van der Waals surface area (Å²) in [6.45, 7) is 13.1. The third kappa shape index (κ3) is 18.9. The summed E-state index contributed by atoms with van der Waals surface area (Å²) in [6, 6.07) is 14.1. The summed E-state index contributed by atoms with van der Waals surface area (Å²) in [6.07, 6.45) is 5.87. The van der Waals surface area contributed by atoms with Gasteiger partial charge in [-0.15, -0.1) is 0 Å². The van der Waals surface area contributed by atoms with E-state index in [4.69, 9.17) is 15.3 Å². The lowest BCUT2D eigenvalue weighted by molar-refractivity contribution is -0.118. The molecule has 2 aliphatic rings. The van der Waals surface area contributed by atoms with Gasteiger partial charge in [0.1, 0.15) is 11.6 Å².